The predicted molar refractivity (Wildman–Crippen MR) is 37.8 cm³/mol. The fourth-order valence-corrected chi connectivity index (χ4v) is 1.15. The fourth-order valence-electron chi connectivity index (χ4n) is 1.15. The van der Waals surface area contributed by atoms with Crippen LogP contribution < -0.4 is 0 Å². The van der Waals surface area contributed by atoms with Crippen LogP contribution in [0.15, 0.2) is 0 Å². The topological polar surface area (TPSA) is 46.6 Å². The van der Waals surface area contributed by atoms with Gasteiger partial charge in [0.15, 0.2) is 0 Å². The highest BCUT2D eigenvalue weighted by Crippen LogP contribution is 2.17. The SMILES string of the molecule is COC(=O)C1CCN1C(C)=O. The van der Waals surface area contributed by atoms with Crippen LogP contribution in [0.3, 0.4) is 0 Å². The molecule has 1 saturated heterocycles. The first-order valence-electron chi connectivity index (χ1n) is 3.52. The number of nitrogens with zero attached hydrogens (tertiary/aromatic N) is 1. The Morgan fingerprint density at radius 2 is 2.18 bits per heavy atom. The lowest BCUT2D eigenvalue weighted by molar-refractivity contribution is -0.158. The molecule has 1 fully saturated rings. The van der Waals surface area contributed by atoms with Crippen molar-refractivity contribution in [1.82, 2.24) is 4.90 Å². The van der Waals surface area contributed by atoms with Crippen LogP contribution in [0.25, 0.3) is 0 Å². The zero-order chi connectivity index (χ0) is 8.43. The van der Waals surface area contributed by atoms with Crippen LogP contribution in [-0.2, 0) is 14.3 Å². The van der Waals surface area contributed by atoms with E-state index in [0.29, 0.717) is 6.54 Å². The smallest absolute Gasteiger partial charge is 0.328 e. The zero-order valence-corrected chi connectivity index (χ0v) is 6.66. The van der Waals surface area contributed by atoms with Crippen molar-refractivity contribution in [3.05, 3.63) is 0 Å². The summed E-state index contributed by atoms with van der Waals surface area (Å²) >= 11 is 0. The highest BCUT2D eigenvalue weighted by Gasteiger charge is 2.36. The first-order chi connectivity index (χ1) is 5.16. The molecule has 0 aromatic heterocycles. The molecule has 4 nitrogen and oxygen atoms in total. The van der Waals surface area contributed by atoms with Gasteiger partial charge in [-0.1, -0.05) is 0 Å². The maximum atomic E-state index is 10.9. The summed E-state index contributed by atoms with van der Waals surface area (Å²) < 4.78 is 4.50. The van der Waals surface area contributed by atoms with Gasteiger partial charge in [-0.05, 0) is 6.42 Å². The predicted octanol–water partition coefficient (Wildman–Crippen LogP) is -0.220. The molecule has 0 N–H and O–H groups in total. The molecule has 0 saturated carbocycles. The summed E-state index contributed by atoms with van der Waals surface area (Å²) in [6, 6.07) is -0.322. The van der Waals surface area contributed by atoms with Gasteiger partial charge >= 0.3 is 5.97 Å². The van der Waals surface area contributed by atoms with Crippen molar-refractivity contribution in [3.8, 4) is 0 Å². The highest BCUT2D eigenvalue weighted by atomic mass is 16.5. The molecule has 0 aliphatic carbocycles. The van der Waals surface area contributed by atoms with Gasteiger partial charge < -0.3 is 9.64 Å². The Balaban J connectivity index is 2.49. The number of methoxy groups -OCH3 is 1. The number of amides is 1. The molecule has 11 heavy (non-hydrogen) atoms. The van der Waals surface area contributed by atoms with E-state index in [1.165, 1.54) is 18.9 Å². The normalized spacial score (nSPS) is 22.4. The van der Waals surface area contributed by atoms with Crippen molar-refractivity contribution < 1.29 is 14.3 Å². The molecule has 1 aliphatic heterocycles. The number of esters is 1. The summed E-state index contributed by atoms with van der Waals surface area (Å²) in [5, 5.41) is 0. The van der Waals surface area contributed by atoms with Crippen LogP contribution in [0, 0.1) is 0 Å². The van der Waals surface area contributed by atoms with Gasteiger partial charge in [-0.25, -0.2) is 4.79 Å². The molecule has 0 radical (unpaired) electrons. The molecule has 1 heterocycles. The quantitative estimate of drug-likeness (QED) is 0.494. The number of carbonyl (C=O) groups is 2. The van der Waals surface area contributed by atoms with E-state index in [4.69, 9.17) is 0 Å². The van der Waals surface area contributed by atoms with Crippen LogP contribution in [0.4, 0.5) is 0 Å². The van der Waals surface area contributed by atoms with Crippen LogP contribution in [0.5, 0.6) is 0 Å². The van der Waals surface area contributed by atoms with Crippen LogP contribution >= 0.6 is 0 Å². The maximum Gasteiger partial charge on any atom is 0.328 e. The molecule has 1 rings (SSSR count). The summed E-state index contributed by atoms with van der Waals surface area (Å²) in [6.45, 7) is 2.13. The van der Waals surface area contributed by atoms with E-state index in [1.807, 2.05) is 0 Å². The van der Waals surface area contributed by atoms with Crippen molar-refractivity contribution in [2.24, 2.45) is 0 Å². The monoisotopic (exact) mass is 157 g/mol. The van der Waals surface area contributed by atoms with Crippen LogP contribution in [-0.4, -0.2) is 36.5 Å². The van der Waals surface area contributed by atoms with Gasteiger partial charge in [-0.3, -0.25) is 4.79 Å². The standard InChI is InChI=1S/C7H11NO3/c1-5(9)8-4-3-6(8)7(10)11-2/h6H,3-4H2,1-2H3. The van der Waals surface area contributed by atoms with E-state index < -0.39 is 0 Å². The van der Waals surface area contributed by atoms with Crippen LogP contribution in [0.1, 0.15) is 13.3 Å². The van der Waals surface area contributed by atoms with Gasteiger partial charge in [0.1, 0.15) is 6.04 Å². The first-order valence-corrected chi connectivity index (χ1v) is 3.52. The van der Waals surface area contributed by atoms with E-state index in [0.717, 1.165) is 6.42 Å². The molecule has 0 aromatic rings. The minimum absolute atomic E-state index is 0.0633. The number of carbonyl (C=O) groups excluding carboxylic acids is 2. The Labute approximate surface area is 65.1 Å². The van der Waals surface area contributed by atoms with Crippen molar-refractivity contribution in [2.45, 2.75) is 19.4 Å². The Morgan fingerprint density at radius 3 is 2.45 bits per heavy atom. The number of hydrogen-bond donors (Lipinski definition) is 0. The van der Waals surface area contributed by atoms with Crippen molar-refractivity contribution >= 4 is 11.9 Å². The third-order valence-corrected chi connectivity index (χ3v) is 1.90. The minimum Gasteiger partial charge on any atom is -0.467 e. The van der Waals surface area contributed by atoms with Gasteiger partial charge in [0, 0.05) is 13.5 Å². The summed E-state index contributed by atoms with van der Waals surface area (Å²) in [6.07, 6.45) is 0.728. The summed E-state index contributed by atoms with van der Waals surface area (Å²) in [4.78, 5) is 23.2. The van der Waals surface area contributed by atoms with Crippen molar-refractivity contribution in [2.75, 3.05) is 13.7 Å². The molecule has 1 atom stereocenters. The lowest BCUT2D eigenvalue weighted by atomic mass is 10.0. The maximum absolute atomic E-state index is 10.9. The Bertz CT molecular complexity index is 190. The van der Waals surface area contributed by atoms with E-state index >= 15 is 0 Å². The third kappa shape index (κ3) is 1.34. The second kappa shape index (κ2) is 2.90. The molecular formula is C7H11NO3. The highest BCUT2D eigenvalue weighted by molar-refractivity contribution is 5.85. The molecule has 4 heteroatoms. The molecule has 0 bridgehead atoms. The number of hydrogen-bond acceptors (Lipinski definition) is 3. The summed E-state index contributed by atoms with van der Waals surface area (Å²) in [7, 11) is 1.33. The largest absolute Gasteiger partial charge is 0.467 e. The van der Waals surface area contributed by atoms with E-state index in [9.17, 15) is 9.59 Å². The van der Waals surface area contributed by atoms with Crippen LogP contribution in [0.2, 0.25) is 0 Å². The second-order valence-electron chi connectivity index (χ2n) is 2.54. The van der Waals surface area contributed by atoms with Gasteiger partial charge in [0.2, 0.25) is 5.91 Å². The zero-order valence-electron chi connectivity index (χ0n) is 6.66. The first kappa shape index (κ1) is 8.04. The summed E-state index contributed by atoms with van der Waals surface area (Å²) in [5.74, 6) is -0.377. The Kier molecular flexibility index (Phi) is 2.12. The number of rotatable bonds is 1. The molecule has 1 amide bonds. The van der Waals surface area contributed by atoms with Gasteiger partial charge in [-0.15, -0.1) is 0 Å². The van der Waals surface area contributed by atoms with Gasteiger partial charge in [-0.2, -0.15) is 0 Å². The molecule has 0 aromatic carbocycles. The average Bonchev–Trinajstić information content (AvgIpc) is 1.83. The second-order valence-corrected chi connectivity index (χ2v) is 2.54. The van der Waals surface area contributed by atoms with E-state index in [2.05, 4.69) is 4.74 Å². The number of ether oxygens (including phenoxy) is 1. The van der Waals surface area contributed by atoms with E-state index in [1.54, 1.807) is 0 Å². The molecule has 0 spiro atoms. The molecular weight excluding hydrogens is 146 g/mol. The molecule has 1 unspecified atom stereocenters. The molecule has 62 valence electrons. The van der Waals surface area contributed by atoms with E-state index in [-0.39, 0.29) is 17.9 Å². The van der Waals surface area contributed by atoms with Crippen molar-refractivity contribution in [1.29, 1.82) is 0 Å². The number of likely N-dealkylation sites (tertiary alicyclic amines) is 1. The van der Waals surface area contributed by atoms with Crippen molar-refractivity contribution in [3.63, 3.8) is 0 Å². The minimum atomic E-state index is -0.322. The lowest BCUT2D eigenvalue weighted by Gasteiger charge is -2.37. The fraction of sp³-hybridized carbons (Fsp3) is 0.714. The lowest BCUT2D eigenvalue weighted by Crippen LogP contribution is -2.54. The summed E-state index contributed by atoms with van der Waals surface area (Å²) in [5.41, 5.74) is 0. The molecule has 1 aliphatic rings. The van der Waals surface area contributed by atoms with Gasteiger partial charge in [0.05, 0.1) is 7.11 Å². The Hall–Kier alpha value is -1.06. The third-order valence-electron chi connectivity index (χ3n) is 1.90. The average molecular weight is 157 g/mol. The Morgan fingerprint density at radius 1 is 1.55 bits per heavy atom. The van der Waals surface area contributed by atoms with Gasteiger partial charge in [0.25, 0.3) is 0 Å².